The van der Waals surface area contributed by atoms with Crippen LogP contribution in [-0.4, -0.2) is 12.2 Å². The zero-order valence-corrected chi connectivity index (χ0v) is 11.5. The number of hydrogen-bond donors (Lipinski definition) is 1. The summed E-state index contributed by atoms with van der Waals surface area (Å²) in [6.45, 7) is 0. The summed E-state index contributed by atoms with van der Waals surface area (Å²) in [5.41, 5.74) is 1.15. The molecule has 4 heteroatoms. The fraction of sp³-hybridized carbons (Fsp3) is 0.438. The Morgan fingerprint density at radius 1 is 1.25 bits per heavy atom. The van der Waals surface area contributed by atoms with Crippen molar-refractivity contribution in [2.24, 2.45) is 0 Å². The molecule has 0 atom stereocenters. The van der Waals surface area contributed by atoms with E-state index in [0.717, 1.165) is 18.4 Å². The zero-order valence-electron chi connectivity index (χ0n) is 11.5. The number of hydrogen-bond acceptors (Lipinski definition) is 4. The summed E-state index contributed by atoms with van der Waals surface area (Å²) in [5, 5.41) is 10.2. The maximum atomic E-state index is 12.6. The van der Waals surface area contributed by atoms with E-state index in [4.69, 9.17) is 9.15 Å². The fourth-order valence-electron chi connectivity index (χ4n) is 3.02. The third-order valence-electron chi connectivity index (χ3n) is 4.15. The van der Waals surface area contributed by atoms with Gasteiger partial charge in [-0.3, -0.25) is 4.79 Å². The maximum absolute atomic E-state index is 12.6. The van der Waals surface area contributed by atoms with Crippen LogP contribution in [0.3, 0.4) is 0 Å². The van der Waals surface area contributed by atoms with Crippen molar-refractivity contribution in [3.8, 4) is 11.5 Å². The highest BCUT2D eigenvalue weighted by Gasteiger charge is 2.21. The highest BCUT2D eigenvalue weighted by molar-refractivity contribution is 5.81. The Hall–Kier alpha value is -1.97. The summed E-state index contributed by atoms with van der Waals surface area (Å²) >= 11 is 0. The van der Waals surface area contributed by atoms with Crippen molar-refractivity contribution in [2.75, 3.05) is 7.11 Å². The van der Waals surface area contributed by atoms with Crippen LogP contribution in [0.4, 0.5) is 0 Å². The van der Waals surface area contributed by atoms with Crippen molar-refractivity contribution >= 4 is 11.0 Å². The summed E-state index contributed by atoms with van der Waals surface area (Å²) in [4.78, 5) is 12.6. The number of methoxy groups -OCH3 is 1. The molecule has 20 heavy (non-hydrogen) atoms. The van der Waals surface area contributed by atoms with Gasteiger partial charge in [0.1, 0.15) is 5.58 Å². The van der Waals surface area contributed by atoms with E-state index >= 15 is 0 Å². The molecule has 0 unspecified atom stereocenters. The largest absolute Gasteiger partial charge is 0.504 e. The van der Waals surface area contributed by atoms with Gasteiger partial charge < -0.3 is 14.3 Å². The van der Waals surface area contributed by atoms with Crippen LogP contribution in [0.25, 0.3) is 11.0 Å². The normalized spacial score (nSPS) is 16.4. The Morgan fingerprint density at radius 3 is 2.70 bits per heavy atom. The van der Waals surface area contributed by atoms with Gasteiger partial charge in [-0.1, -0.05) is 19.3 Å². The van der Waals surface area contributed by atoms with E-state index in [2.05, 4.69) is 0 Å². The van der Waals surface area contributed by atoms with Gasteiger partial charge in [-0.05, 0) is 24.8 Å². The number of phenols is 1. The van der Waals surface area contributed by atoms with Crippen molar-refractivity contribution in [1.82, 2.24) is 0 Å². The number of ether oxygens (including phenoxy) is 1. The van der Waals surface area contributed by atoms with Crippen LogP contribution in [-0.2, 0) is 0 Å². The Morgan fingerprint density at radius 2 is 2.00 bits per heavy atom. The minimum Gasteiger partial charge on any atom is -0.504 e. The molecule has 1 aromatic carbocycles. The highest BCUT2D eigenvalue weighted by Crippen LogP contribution is 2.34. The lowest BCUT2D eigenvalue weighted by molar-refractivity contribution is 0.373. The molecule has 1 aliphatic rings. The molecule has 1 heterocycles. The number of benzene rings is 1. The molecule has 1 fully saturated rings. The number of phenolic OH excluding ortho intramolecular Hbond substituents is 1. The Labute approximate surface area is 117 Å². The molecular formula is C16H18O4. The lowest BCUT2D eigenvalue weighted by Gasteiger charge is -2.21. The van der Waals surface area contributed by atoms with E-state index in [1.165, 1.54) is 32.4 Å². The van der Waals surface area contributed by atoms with E-state index < -0.39 is 0 Å². The minimum absolute atomic E-state index is 0.00329. The average Bonchev–Trinajstić information content (AvgIpc) is 2.48. The Balaban J connectivity index is 2.14. The summed E-state index contributed by atoms with van der Waals surface area (Å²) in [6.07, 6.45) is 7.24. The van der Waals surface area contributed by atoms with Gasteiger partial charge in [-0.2, -0.15) is 0 Å². The topological polar surface area (TPSA) is 59.7 Å². The van der Waals surface area contributed by atoms with Crippen molar-refractivity contribution in [3.63, 3.8) is 0 Å². The lowest BCUT2D eigenvalue weighted by Crippen LogP contribution is -2.15. The monoisotopic (exact) mass is 274 g/mol. The minimum atomic E-state index is -0.0198. The number of aromatic hydroxyl groups is 1. The first-order chi connectivity index (χ1) is 9.70. The van der Waals surface area contributed by atoms with Gasteiger partial charge in [-0.25, -0.2) is 0 Å². The molecule has 1 aliphatic carbocycles. The third kappa shape index (κ3) is 2.15. The number of fused-ring (bicyclic) bond motifs is 1. The SMILES string of the molecule is COc1cc2c(=O)c(C3CCCCC3)coc2cc1O. The predicted molar refractivity (Wildman–Crippen MR) is 76.5 cm³/mol. The zero-order chi connectivity index (χ0) is 14.1. The van der Waals surface area contributed by atoms with E-state index in [1.54, 1.807) is 12.3 Å². The summed E-state index contributed by atoms with van der Waals surface area (Å²) in [5.74, 6) is 0.573. The van der Waals surface area contributed by atoms with Gasteiger partial charge in [0.15, 0.2) is 16.9 Å². The van der Waals surface area contributed by atoms with E-state index in [0.29, 0.717) is 22.6 Å². The first kappa shape index (κ1) is 13.0. The van der Waals surface area contributed by atoms with Gasteiger partial charge in [0.25, 0.3) is 0 Å². The second-order valence-electron chi connectivity index (χ2n) is 5.38. The molecule has 0 saturated heterocycles. The predicted octanol–water partition coefficient (Wildman–Crippen LogP) is 3.55. The quantitative estimate of drug-likeness (QED) is 0.909. The molecule has 106 valence electrons. The van der Waals surface area contributed by atoms with Crippen LogP contribution in [0.1, 0.15) is 43.6 Å². The Bertz CT molecular complexity index is 681. The Kier molecular flexibility index (Phi) is 3.38. The molecule has 0 aliphatic heterocycles. The second-order valence-corrected chi connectivity index (χ2v) is 5.38. The molecule has 3 rings (SSSR count). The second kappa shape index (κ2) is 5.19. The number of rotatable bonds is 2. The van der Waals surface area contributed by atoms with E-state index in [1.807, 2.05) is 0 Å². The average molecular weight is 274 g/mol. The van der Waals surface area contributed by atoms with Gasteiger partial charge >= 0.3 is 0 Å². The van der Waals surface area contributed by atoms with Crippen molar-refractivity contribution in [1.29, 1.82) is 0 Å². The summed E-state index contributed by atoms with van der Waals surface area (Å²) < 4.78 is 10.6. The fourth-order valence-corrected chi connectivity index (χ4v) is 3.02. The summed E-state index contributed by atoms with van der Waals surface area (Å²) in [7, 11) is 1.47. The van der Waals surface area contributed by atoms with Crippen LogP contribution in [0, 0.1) is 0 Å². The van der Waals surface area contributed by atoms with Gasteiger partial charge in [0.2, 0.25) is 0 Å². The molecule has 4 nitrogen and oxygen atoms in total. The molecule has 1 aromatic heterocycles. The van der Waals surface area contributed by atoms with Crippen molar-refractivity contribution in [3.05, 3.63) is 34.2 Å². The molecule has 2 aromatic rings. The molecule has 0 radical (unpaired) electrons. The molecule has 1 saturated carbocycles. The molecule has 0 bridgehead atoms. The molecule has 0 amide bonds. The smallest absolute Gasteiger partial charge is 0.196 e. The van der Waals surface area contributed by atoms with E-state index in [9.17, 15) is 9.90 Å². The molecule has 1 N–H and O–H groups in total. The van der Waals surface area contributed by atoms with Crippen LogP contribution in [0.15, 0.2) is 27.6 Å². The molecule has 0 spiro atoms. The van der Waals surface area contributed by atoms with Gasteiger partial charge in [0, 0.05) is 11.6 Å². The third-order valence-corrected chi connectivity index (χ3v) is 4.15. The maximum Gasteiger partial charge on any atom is 0.196 e. The van der Waals surface area contributed by atoms with Crippen LogP contribution in [0.5, 0.6) is 11.5 Å². The lowest BCUT2D eigenvalue weighted by atomic mass is 9.84. The van der Waals surface area contributed by atoms with Gasteiger partial charge in [-0.15, -0.1) is 0 Å². The van der Waals surface area contributed by atoms with Crippen LogP contribution >= 0.6 is 0 Å². The van der Waals surface area contributed by atoms with Crippen molar-refractivity contribution < 1.29 is 14.3 Å². The summed E-state index contributed by atoms with van der Waals surface area (Å²) in [6, 6.07) is 2.99. The standard InChI is InChI=1S/C16H18O4/c1-19-15-7-11-14(8-13(15)17)20-9-12(16(11)18)10-5-3-2-4-6-10/h7-10,17H,2-6H2,1H3. The first-order valence-electron chi connectivity index (χ1n) is 7.03. The first-order valence-corrected chi connectivity index (χ1v) is 7.03. The molecular weight excluding hydrogens is 256 g/mol. The van der Waals surface area contributed by atoms with Crippen LogP contribution in [0.2, 0.25) is 0 Å². The van der Waals surface area contributed by atoms with Crippen LogP contribution < -0.4 is 10.2 Å². The van der Waals surface area contributed by atoms with Gasteiger partial charge in [0.05, 0.1) is 18.8 Å². The van der Waals surface area contributed by atoms with Crippen molar-refractivity contribution in [2.45, 2.75) is 38.0 Å². The van der Waals surface area contributed by atoms with E-state index in [-0.39, 0.29) is 11.2 Å². The highest BCUT2D eigenvalue weighted by atomic mass is 16.5.